The fourth-order valence-electron chi connectivity index (χ4n) is 3.38. The summed E-state index contributed by atoms with van der Waals surface area (Å²) in [5, 5.41) is 0. The maximum Gasteiger partial charge on any atom is 0.239 e. The highest BCUT2D eigenvalue weighted by atomic mass is 16.2. The molecule has 122 valence electrons. The molecule has 3 heteroatoms. The molecule has 0 spiro atoms. The Labute approximate surface area is 135 Å². The summed E-state index contributed by atoms with van der Waals surface area (Å²) in [4.78, 5) is 16.7. The molecule has 1 aromatic carbocycles. The largest absolute Gasteiger partial charge is 0.340 e. The molecular weight excluding hydrogens is 272 g/mol. The Bertz CT molecular complexity index is 454. The summed E-state index contributed by atoms with van der Waals surface area (Å²) in [7, 11) is 3.99. The van der Waals surface area contributed by atoms with Crippen LogP contribution in [0.4, 0.5) is 0 Å². The van der Waals surface area contributed by atoms with E-state index in [1.54, 1.807) is 0 Å². The summed E-state index contributed by atoms with van der Waals surface area (Å²) in [5.74, 6) is 0.982. The smallest absolute Gasteiger partial charge is 0.239 e. The average molecular weight is 302 g/mol. The molecule has 1 aliphatic carbocycles. The second kappa shape index (κ2) is 8.33. The quantitative estimate of drug-likeness (QED) is 0.802. The van der Waals surface area contributed by atoms with E-state index in [0.29, 0.717) is 6.54 Å². The van der Waals surface area contributed by atoms with Crippen LogP contribution in [0.1, 0.15) is 44.6 Å². The summed E-state index contributed by atoms with van der Waals surface area (Å²) in [6, 6.07) is 10.1. The number of hydrogen-bond acceptors (Lipinski definition) is 2. The molecule has 22 heavy (non-hydrogen) atoms. The van der Waals surface area contributed by atoms with Gasteiger partial charge in [-0.15, -0.1) is 0 Å². The molecule has 0 aromatic heterocycles. The van der Waals surface area contributed by atoms with E-state index in [1.807, 2.05) is 37.1 Å². The van der Waals surface area contributed by atoms with Gasteiger partial charge in [0.25, 0.3) is 0 Å². The van der Waals surface area contributed by atoms with Gasteiger partial charge in [0, 0.05) is 20.1 Å². The highest BCUT2D eigenvalue weighted by Crippen LogP contribution is 2.24. The van der Waals surface area contributed by atoms with Crippen molar-refractivity contribution < 1.29 is 4.79 Å². The van der Waals surface area contributed by atoms with Crippen LogP contribution in [0.2, 0.25) is 0 Å². The van der Waals surface area contributed by atoms with Gasteiger partial charge in [0.1, 0.15) is 0 Å². The molecule has 1 aromatic rings. The Morgan fingerprint density at radius 2 is 1.77 bits per heavy atom. The van der Waals surface area contributed by atoms with E-state index in [0.717, 1.165) is 12.5 Å². The Hall–Kier alpha value is -1.35. The van der Waals surface area contributed by atoms with Crippen LogP contribution < -0.4 is 0 Å². The zero-order valence-electron chi connectivity index (χ0n) is 14.3. The van der Waals surface area contributed by atoms with Crippen molar-refractivity contribution in [3.63, 3.8) is 0 Å². The summed E-state index contributed by atoms with van der Waals surface area (Å²) in [5.41, 5.74) is 1.18. The third-order valence-corrected chi connectivity index (χ3v) is 4.93. The van der Waals surface area contributed by atoms with Gasteiger partial charge in [-0.3, -0.25) is 9.69 Å². The van der Waals surface area contributed by atoms with Gasteiger partial charge in [-0.2, -0.15) is 0 Å². The number of carbonyl (C=O) groups excluding carboxylic acids is 1. The molecule has 3 nitrogen and oxygen atoms in total. The van der Waals surface area contributed by atoms with Gasteiger partial charge in [-0.25, -0.2) is 0 Å². The van der Waals surface area contributed by atoms with Gasteiger partial charge in [-0.05, 0) is 38.3 Å². The molecular formula is C19H30N2O. The maximum absolute atomic E-state index is 12.6. The predicted molar refractivity (Wildman–Crippen MR) is 91.6 cm³/mol. The van der Waals surface area contributed by atoms with E-state index < -0.39 is 0 Å². The number of likely N-dealkylation sites (N-methyl/N-ethyl adjacent to an activating group) is 2. The van der Waals surface area contributed by atoms with Crippen LogP contribution in [0.15, 0.2) is 30.3 Å². The molecule has 1 aliphatic rings. The summed E-state index contributed by atoms with van der Waals surface area (Å²) in [6.45, 7) is 3.76. The number of nitrogens with zero attached hydrogens (tertiary/aromatic N) is 2. The van der Waals surface area contributed by atoms with Gasteiger partial charge < -0.3 is 4.90 Å². The van der Waals surface area contributed by atoms with Crippen molar-refractivity contribution in [2.75, 3.05) is 20.6 Å². The van der Waals surface area contributed by atoms with E-state index in [1.165, 1.54) is 37.7 Å². The van der Waals surface area contributed by atoms with Crippen molar-refractivity contribution in [3.8, 4) is 0 Å². The van der Waals surface area contributed by atoms with Crippen LogP contribution in [0.5, 0.6) is 0 Å². The number of rotatable bonds is 6. The van der Waals surface area contributed by atoms with Crippen molar-refractivity contribution in [2.45, 2.75) is 51.6 Å². The minimum atomic E-state index is -0.0457. The minimum Gasteiger partial charge on any atom is -0.340 e. The van der Waals surface area contributed by atoms with Crippen LogP contribution >= 0.6 is 0 Å². The van der Waals surface area contributed by atoms with Gasteiger partial charge in [0.15, 0.2) is 0 Å². The molecule has 2 rings (SSSR count). The second-order valence-corrected chi connectivity index (χ2v) is 6.80. The summed E-state index contributed by atoms with van der Waals surface area (Å²) >= 11 is 0. The first kappa shape index (κ1) is 17.0. The lowest BCUT2D eigenvalue weighted by molar-refractivity contribution is -0.135. The van der Waals surface area contributed by atoms with E-state index in [9.17, 15) is 4.79 Å². The first-order valence-corrected chi connectivity index (χ1v) is 8.57. The predicted octanol–water partition coefficient (Wildman–Crippen LogP) is 3.55. The highest BCUT2D eigenvalue weighted by molar-refractivity contribution is 5.81. The normalized spacial score (nSPS) is 17.5. The molecule has 1 fully saturated rings. The van der Waals surface area contributed by atoms with Crippen molar-refractivity contribution in [1.82, 2.24) is 9.80 Å². The number of benzene rings is 1. The molecule has 0 N–H and O–H groups in total. The fraction of sp³-hybridized carbons (Fsp3) is 0.632. The Kier molecular flexibility index (Phi) is 6.44. The Morgan fingerprint density at radius 1 is 1.14 bits per heavy atom. The molecule has 0 aliphatic heterocycles. The summed E-state index contributed by atoms with van der Waals surface area (Å²) < 4.78 is 0. The lowest BCUT2D eigenvalue weighted by Gasteiger charge is -2.32. The van der Waals surface area contributed by atoms with E-state index in [2.05, 4.69) is 24.1 Å². The Balaban J connectivity index is 1.84. The number of carbonyl (C=O) groups is 1. The van der Waals surface area contributed by atoms with Crippen LogP contribution in [-0.4, -0.2) is 42.4 Å². The van der Waals surface area contributed by atoms with E-state index >= 15 is 0 Å². The highest BCUT2D eigenvalue weighted by Gasteiger charge is 2.24. The first-order valence-electron chi connectivity index (χ1n) is 8.57. The third-order valence-electron chi connectivity index (χ3n) is 4.93. The number of amides is 1. The van der Waals surface area contributed by atoms with Crippen LogP contribution in [0, 0.1) is 5.92 Å². The molecule has 1 unspecified atom stereocenters. The maximum atomic E-state index is 12.6. The van der Waals surface area contributed by atoms with Crippen LogP contribution in [-0.2, 0) is 11.3 Å². The first-order chi connectivity index (χ1) is 10.6. The summed E-state index contributed by atoms with van der Waals surface area (Å²) in [6.07, 6.45) is 6.74. The monoisotopic (exact) mass is 302 g/mol. The molecule has 0 heterocycles. The molecule has 1 atom stereocenters. The lowest BCUT2D eigenvalue weighted by Crippen LogP contribution is -2.45. The van der Waals surface area contributed by atoms with E-state index in [-0.39, 0.29) is 11.9 Å². The zero-order valence-corrected chi connectivity index (χ0v) is 14.3. The fourth-order valence-corrected chi connectivity index (χ4v) is 3.38. The average Bonchev–Trinajstić information content (AvgIpc) is 2.55. The lowest BCUT2D eigenvalue weighted by atomic mass is 9.89. The molecule has 1 saturated carbocycles. The topological polar surface area (TPSA) is 23.6 Å². The van der Waals surface area contributed by atoms with Crippen LogP contribution in [0.3, 0.4) is 0 Å². The molecule has 0 saturated heterocycles. The van der Waals surface area contributed by atoms with Crippen molar-refractivity contribution in [2.24, 2.45) is 5.92 Å². The van der Waals surface area contributed by atoms with Crippen molar-refractivity contribution >= 4 is 5.91 Å². The third kappa shape index (κ3) is 4.84. The standard InChI is InChI=1S/C19H30N2O/c1-16(20(2)14-17-10-6-4-7-11-17)19(22)21(3)15-18-12-8-5-9-13-18/h5,8-9,12-13,16-17H,4,6-7,10-11,14-15H2,1-3H3. The minimum absolute atomic E-state index is 0.0457. The van der Waals surface area contributed by atoms with Crippen molar-refractivity contribution in [3.05, 3.63) is 35.9 Å². The van der Waals surface area contributed by atoms with Gasteiger partial charge in [0.05, 0.1) is 6.04 Å². The molecule has 1 amide bonds. The van der Waals surface area contributed by atoms with E-state index in [4.69, 9.17) is 0 Å². The second-order valence-electron chi connectivity index (χ2n) is 6.80. The number of hydrogen-bond donors (Lipinski definition) is 0. The van der Waals surface area contributed by atoms with Gasteiger partial charge >= 0.3 is 0 Å². The SMILES string of the molecule is CC(C(=O)N(C)Cc1ccccc1)N(C)CC1CCCCC1. The van der Waals surface area contributed by atoms with Crippen LogP contribution in [0.25, 0.3) is 0 Å². The Morgan fingerprint density at radius 3 is 2.41 bits per heavy atom. The zero-order chi connectivity index (χ0) is 15.9. The van der Waals surface area contributed by atoms with Crippen molar-refractivity contribution in [1.29, 1.82) is 0 Å². The molecule has 0 radical (unpaired) electrons. The van der Waals surface area contributed by atoms with Gasteiger partial charge in [-0.1, -0.05) is 49.6 Å². The van der Waals surface area contributed by atoms with Gasteiger partial charge in [0.2, 0.25) is 5.91 Å². The molecule has 0 bridgehead atoms.